The summed E-state index contributed by atoms with van der Waals surface area (Å²) in [5, 5.41) is 3.38. The number of nitrogens with one attached hydrogen (secondary N) is 1. The fourth-order valence-electron chi connectivity index (χ4n) is 1.91. The molecule has 0 spiro atoms. The average molecular weight is 255 g/mol. The van der Waals surface area contributed by atoms with E-state index in [9.17, 15) is 0 Å². The number of nitrogens with two attached hydrogens (primary N) is 1. The molecule has 0 bridgehead atoms. The Hall–Kier alpha value is -2.03. The van der Waals surface area contributed by atoms with Crippen molar-refractivity contribution in [2.45, 2.75) is 32.7 Å². The molecule has 1 aromatic heterocycles. The Morgan fingerprint density at radius 2 is 1.79 bits per heavy atom. The lowest BCUT2D eigenvalue weighted by atomic mass is 10.1. The van der Waals surface area contributed by atoms with Gasteiger partial charge in [-0.2, -0.15) is 0 Å². The van der Waals surface area contributed by atoms with Crippen LogP contribution in [0.3, 0.4) is 0 Å². The first-order chi connectivity index (χ1) is 9.28. The second kappa shape index (κ2) is 6.78. The summed E-state index contributed by atoms with van der Waals surface area (Å²) in [6.45, 7) is 2.98. The lowest BCUT2D eigenvalue weighted by Crippen LogP contribution is -2.00. The van der Waals surface area contributed by atoms with Crippen LogP contribution in [0.2, 0.25) is 0 Å². The number of aryl methyl sites for hydroxylation is 1. The van der Waals surface area contributed by atoms with Gasteiger partial charge >= 0.3 is 0 Å². The smallest absolute Gasteiger partial charge is 0.123 e. The summed E-state index contributed by atoms with van der Waals surface area (Å²) in [7, 11) is 0. The van der Waals surface area contributed by atoms with Gasteiger partial charge in [0.1, 0.15) is 5.82 Å². The molecule has 3 nitrogen and oxygen atoms in total. The van der Waals surface area contributed by atoms with Gasteiger partial charge in [-0.1, -0.05) is 31.5 Å². The molecule has 19 heavy (non-hydrogen) atoms. The zero-order valence-corrected chi connectivity index (χ0v) is 11.4. The summed E-state index contributed by atoms with van der Waals surface area (Å²) >= 11 is 0. The molecule has 0 aliphatic heterocycles. The number of benzene rings is 1. The second-order valence-electron chi connectivity index (χ2n) is 4.75. The first-order valence-corrected chi connectivity index (χ1v) is 6.81. The fourth-order valence-corrected chi connectivity index (χ4v) is 1.91. The van der Waals surface area contributed by atoms with E-state index in [1.807, 2.05) is 12.1 Å². The third kappa shape index (κ3) is 4.28. The minimum atomic E-state index is 0.559. The van der Waals surface area contributed by atoms with Crippen LogP contribution >= 0.6 is 0 Å². The number of aromatic nitrogens is 1. The molecule has 2 rings (SSSR count). The number of hydrogen-bond acceptors (Lipinski definition) is 3. The van der Waals surface area contributed by atoms with Crippen LogP contribution in [0.4, 0.5) is 11.5 Å². The Morgan fingerprint density at radius 1 is 1.05 bits per heavy atom. The van der Waals surface area contributed by atoms with E-state index in [1.165, 1.54) is 24.8 Å². The number of anilines is 2. The van der Waals surface area contributed by atoms with Crippen LogP contribution in [-0.4, -0.2) is 4.98 Å². The number of unbranched alkanes of at least 4 members (excludes halogenated alkanes) is 1. The van der Waals surface area contributed by atoms with Gasteiger partial charge in [0.2, 0.25) is 0 Å². The molecule has 3 N–H and O–H groups in total. The van der Waals surface area contributed by atoms with E-state index < -0.39 is 0 Å². The largest absolute Gasteiger partial charge is 0.384 e. The topological polar surface area (TPSA) is 50.9 Å². The van der Waals surface area contributed by atoms with Crippen molar-refractivity contribution in [1.29, 1.82) is 0 Å². The molecule has 100 valence electrons. The summed E-state index contributed by atoms with van der Waals surface area (Å²) < 4.78 is 0. The van der Waals surface area contributed by atoms with Crippen molar-refractivity contribution in [3.63, 3.8) is 0 Å². The van der Waals surface area contributed by atoms with Crippen LogP contribution in [0.15, 0.2) is 42.6 Å². The van der Waals surface area contributed by atoms with Gasteiger partial charge in [-0.15, -0.1) is 0 Å². The normalized spacial score (nSPS) is 10.4. The standard InChI is InChI=1S/C16H21N3/c1-2-3-4-13-5-8-15(9-6-13)18-11-14-7-10-16(17)19-12-14/h5-10,12,18H,2-4,11H2,1H3,(H2,17,19). The SMILES string of the molecule is CCCCc1ccc(NCc2ccc(N)nc2)cc1. The van der Waals surface area contributed by atoms with E-state index >= 15 is 0 Å². The van der Waals surface area contributed by atoms with Crippen LogP contribution < -0.4 is 11.1 Å². The first kappa shape index (κ1) is 13.4. The molecule has 1 heterocycles. The Kier molecular flexibility index (Phi) is 4.78. The number of rotatable bonds is 6. The van der Waals surface area contributed by atoms with Crippen molar-refractivity contribution in [2.75, 3.05) is 11.1 Å². The van der Waals surface area contributed by atoms with E-state index in [0.29, 0.717) is 5.82 Å². The number of hydrogen-bond donors (Lipinski definition) is 2. The lowest BCUT2D eigenvalue weighted by molar-refractivity contribution is 0.795. The van der Waals surface area contributed by atoms with Crippen molar-refractivity contribution in [3.8, 4) is 0 Å². The van der Waals surface area contributed by atoms with E-state index in [0.717, 1.165) is 17.8 Å². The predicted molar refractivity (Wildman–Crippen MR) is 81.0 cm³/mol. The van der Waals surface area contributed by atoms with Crippen LogP contribution in [0, 0.1) is 0 Å². The fraction of sp³-hybridized carbons (Fsp3) is 0.312. The molecule has 0 saturated heterocycles. The van der Waals surface area contributed by atoms with Gasteiger partial charge in [0.05, 0.1) is 0 Å². The molecule has 0 radical (unpaired) electrons. The molecule has 0 aliphatic carbocycles. The summed E-state index contributed by atoms with van der Waals surface area (Å²) in [5.74, 6) is 0.559. The quantitative estimate of drug-likeness (QED) is 0.829. The molecular weight excluding hydrogens is 234 g/mol. The molecule has 1 aromatic carbocycles. The van der Waals surface area contributed by atoms with Gasteiger partial charge in [0, 0.05) is 18.4 Å². The van der Waals surface area contributed by atoms with Gasteiger partial charge in [-0.05, 0) is 42.2 Å². The van der Waals surface area contributed by atoms with Crippen molar-refractivity contribution in [3.05, 3.63) is 53.7 Å². The first-order valence-electron chi connectivity index (χ1n) is 6.81. The van der Waals surface area contributed by atoms with Crippen LogP contribution in [0.5, 0.6) is 0 Å². The summed E-state index contributed by atoms with van der Waals surface area (Å²) in [6.07, 6.45) is 5.46. The number of nitrogen functional groups attached to an aromatic ring is 1. The lowest BCUT2D eigenvalue weighted by Gasteiger charge is -2.07. The molecular formula is C16H21N3. The second-order valence-corrected chi connectivity index (χ2v) is 4.75. The highest BCUT2D eigenvalue weighted by Crippen LogP contribution is 2.13. The Morgan fingerprint density at radius 3 is 2.42 bits per heavy atom. The van der Waals surface area contributed by atoms with Gasteiger partial charge in [0.25, 0.3) is 0 Å². The Bertz CT molecular complexity index is 488. The van der Waals surface area contributed by atoms with Gasteiger partial charge in [0.15, 0.2) is 0 Å². The molecule has 0 fully saturated rings. The van der Waals surface area contributed by atoms with Gasteiger partial charge in [-0.3, -0.25) is 0 Å². The maximum Gasteiger partial charge on any atom is 0.123 e. The molecule has 0 aliphatic rings. The third-order valence-corrected chi connectivity index (χ3v) is 3.12. The van der Waals surface area contributed by atoms with Crippen LogP contribution in [0.1, 0.15) is 30.9 Å². The molecule has 0 unspecified atom stereocenters. The van der Waals surface area contributed by atoms with E-state index in [4.69, 9.17) is 5.73 Å². The number of pyridine rings is 1. The molecule has 3 heteroatoms. The highest BCUT2D eigenvalue weighted by molar-refractivity contribution is 5.45. The number of nitrogens with zero attached hydrogens (tertiary/aromatic N) is 1. The third-order valence-electron chi connectivity index (χ3n) is 3.12. The maximum absolute atomic E-state index is 5.56. The van der Waals surface area contributed by atoms with Gasteiger partial charge in [-0.25, -0.2) is 4.98 Å². The Balaban J connectivity index is 1.87. The van der Waals surface area contributed by atoms with Crippen molar-refractivity contribution in [2.24, 2.45) is 0 Å². The zero-order valence-electron chi connectivity index (χ0n) is 11.4. The van der Waals surface area contributed by atoms with E-state index in [2.05, 4.69) is 41.5 Å². The van der Waals surface area contributed by atoms with Crippen molar-refractivity contribution in [1.82, 2.24) is 4.98 Å². The van der Waals surface area contributed by atoms with Gasteiger partial charge < -0.3 is 11.1 Å². The minimum Gasteiger partial charge on any atom is -0.384 e. The predicted octanol–water partition coefficient (Wildman–Crippen LogP) is 3.62. The monoisotopic (exact) mass is 255 g/mol. The van der Waals surface area contributed by atoms with E-state index in [1.54, 1.807) is 6.20 Å². The minimum absolute atomic E-state index is 0.559. The van der Waals surface area contributed by atoms with Crippen molar-refractivity contribution < 1.29 is 0 Å². The Labute approximate surface area is 114 Å². The van der Waals surface area contributed by atoms with Crippen LogP contribution in [0.25, 0.3) is 0 Å². The molecule has 0 amide bonds. The highest BCUT2D eigenvalue weighted by Gasteiger charge is 1.96. The molecule has 0 saturated carbocycles. The maximum atomic E-state index is 5.56. The molecule has 0 atom stereocenters. The van der Waals surface area contributed by atoms with E-state index in [-0.39, 0.29) is 0 Å². The average Bonchev–Trinajstić information content (AvgIpc) is 2.46. The zero-order chi connectivity index (χ0) is 13.5. The summed E-state index contributed by atoms with van der Waals surface area (Å²) in [6, 6.07) is 12.5. The van der Waals surface area contributed by atoms with Crippen LogP contribution in [-0.2, 0) is 13.0 Å². The highest BCUT2D eigenvalue weighted by atomic mass is 14.9. The molecule has 2 aromatic rings. The summed E-state index contributed by atoms with van der Waals surface area (Å²) in [5.41, 5.74) is 9.23. The van der Waals surface area contributed by atoms with Crippen molar-refractivity contribution >= 4 is 11.5 Å². The summed E-state index contributed by atoms with van der Waals surface area (Å²) in [4.78, 5) is 4.08.